The van der Waals surface area contributed by atoms with Gasteiger partial charge in [0, 0.05) is 36.3 Å². The number of nitrogens with zero attached hydrogens (tertiary/aromatic N) is 2. The minimum Gasteiger partial charge on any atom is -0.494 e. The van der Waals surface area contributed by atoms with E-state index in [1.807, 2.05) is 25.1 Å². The second-order valence-electron chi connectivity index (χ2n) is 9.33. The Bertz CT molecular complexity index is 1110. The summed E-state index contributed by atoms with van der Waals surface area (Å²) in [7, 11) is 1.64. The summed E-state index contributed by atoms with van der Waals surface area (Å²) >= 11 is 6.29. The van der Waals surface area contributed by atoms with Crippen molar-refractivity contribution in [3.63, 3.8) is 0 Å². The number of aryl methyl sites for hydroxylation is 1. The predicted octanol–water partition coefficient (Wildman–Crippen LogP) is 6.95. The lowest BCUT2D eigenvalue weighted by atomic mass is 9.98. The molecular formula is C29H39ClN2O4. The highest BCUT2D eigenvalue weighted by Gasteiger charge is 2.21. The van der Waals surface area contributed by atoms with E-state index in [0.717, 1.165) is 42.1 Å². The molecular weight excluding hydrogens is 476 g/mol. The molecule has 1 aromatic heterocycles. The Hall–Kier alpha value is -2.83. The molecule has 1 heterocycles. The van der Waals surface area contributed by atoms with Crippen molar-refractivity contribution in [2.24, 2.45) is 5.92 Å². The topological polar surface area (TPSA) is 67.1 Å². The fraction of sp³-hybridized carbons (Fsp3) is 0.448. The number of aromatic nitrogens is 1. The molecule has 0 radical (unpaired) electrons. The average molecular weight is 515 g/mol. The molecule has 3 aromatic rings. The lowest BCUT2D eigenvalue weighted by molar-refractivity contribution is 0.164. The van der Waals surface area contributed by atoms with Crippen LogP contribution in [0.4, 0.5) is 0 Å². The van der Waals surface area contributed by atoms with Gasteiger partial charge >= 0.3 is 0 Å². The van der Waals surface area contributed by atoms with Crippen molar-refractivity contribution in [1.29, 1.82) is 0 Å². The molecule has 0 amide bonds. The summed E-state index contributed by atoms with van der Waals surface area (Å²) < 4.78 is 12.9. The van der Waals surface area contributed by atoms with E-state index in [9.17, 15) is 10.2 Å². The maximum atomic E-state index is 9.81. The number of halogens is 1. The zero-order valence-electron chi connectivity index (χ0n) is 22.0. The molecule has 36 heavy (non-hydrogen) atoms. The van der Waals surface area contributed by atoms with Crippen LogP contribution < -0.4 is 9.47 Å². The number of hydrogen-bond donors (Lipinski definition) is 2. The fourth-order valence-electron chi connectivity index (χ4n) is 4.46. The first-order chi connectivity index (χ1) is 17.3. The predicted molar refractivity (Wildman–Crippen MR) is 145 cm³/mol. The lowest BCUT2D eigenvalue weighted by Gasteiger charge is -2.33. The van der Waals surface area contributed by atoms with Crippen molar-refractivity contribution < 1.29 is 19.7 Å². The normalized spacial score (nSPS) is 12.3. The molecule has 0 aliphatic rings. The van der Waals surface area contributed by atoms with Crippen LogP contribution in [-0.4, -0.2) is 39.9 Å². The minimum absolute atomic E-state index is 0.000896. The first-order valence-corrected chi connectivity index (χ1v) is 13.0. The summed E-state index contributed by atoms with van der Waals surface area (Å²) in [5.41, 5.74) is 3.49. The molecule has 0 aliphatic carbocycles. The molecule has 1 atom stereocenters. The van der Waals surface area contributed by atoms with Crippen LogP contribution in [-0.2, 0) is 13.1 Å². The molecule has 2 aromatic carbocycles. The van der Waals surface area contributed by atoms with Crippen molar-refractivity contribution in [2.75, 3.05) is 20.3 Å². The molecule has 0 spiro atoms. The van der Waals surface area contributed by atoms with Gasteiger partial charge < -0.3 is 19.7 Å². The molecule has 0 fully saturated rings. The van der Waals surface area contributed by atoms with Crippen LogP contribution in [0.1, 0.15) is 56.3 Å². The zero-order chi connectivity index (χ0) is 26.2. The number of hydrogen-bond acceptors (Lipinski definition) is 5. The van der Waals surface area contributed by atoms with Gasteiger partial charge in [0.15, 0.2) is 23.3 Å². The molecule has 0 saturated carbocycles. The van der Waals surface area contributed by atoms with Crippen LogP contribution >= 0.6 is 11.6 Å². The van der Waals surface area contributed by atoms with Gasteiger partial charge in [-0.15, -0.1) is 0 Å². The number of methoxy groups -OCH3 is 1. The van der Waals surface area contributed by atoms with Gasteiger partial charge in [0.2, 0.25) is 0 Å². The van der Waals surface area contributed by atoms with Gasteiger partial charge in [-0.25, -0.2) is 0 Å². The lowest BCUT2D eigenvalue weighted by Crippen LogP contribution is -2.31. The molecule has 3 rings (SSSR count). The average Bonchev–Trinajstić information content (AvgIpc) is 3.20. The summed E-state index contributed by atoms with van der Waals surface area (Å²) in [6.45, 7) is 11.2. The summed E-state index contributed by atoms with van der Waals surface area (Å²) in [4.78, 5) is 2.52. The van der Waals surface area contributed by atoms with Crippen molar-refractivity contribution in [3.05, 3.63) is 70.2 Å². The van der Waals surface area contributed by atoms with E-state index in [0.29, 0.717) is 24.0 Å². The van der Waals surface area contributed by atoms with E-state index in [-0.39, 0.29) is 24.4 Å². The van der Waals surface area contributed by atoms with Crippen LogP contribution in [0.3, 0.4) is 0 Å². The number of aromatic hydroxyl groups is 2. The summed E-state index contributed by atoms with van der Waals surface area (Å²) in [6, 6.07) is 15.4. The molecule has 6 nitrogen and oxygen atoms in total. The SMILES string of the molecule is CCC(CC)CN(Cc1ccc(OCCn2c(O)ccc2O)c(OC)c1)C(C)c1ccc(Cl)c(C)c1. The Balaban J connectivity index is 1.76. The van der Waals surface area contributed by atoms with E-state index >= 15 is 0 Å². The molecule has 7 heteroatoms. The van der Waals surface area contributed by atoms with Gasteiger partial charge in [-0.2, -0.15) is 0 Å². The number of benzene rings is 2. The Morgan fingerprint density at radius 1 is 0.972 bits per heavy atom. The monoisotopic (exact) mass is 514 g/mol. The molecule has 0 saturated heterocycles. The van der Waals surface area contributed by atoms with Gasteiger partial charge in [-0.05, 0) is 54.7 Å². The van der Waals surface area contributed by atoms with Crippen molar-refractivity contribution in [1.82, 2.24) is 9.47 Å². The van der Waals surface area contributed by atoms with Crippen molar-refractivity contribution in [2.45, 2.75) is 59.7 Å². The molecule has 1 unspecified atom stereocenters. The zero-order valence-corrected chi connectivity index (χ0v) is 22.8. The largest absolute Gasteiger partial charge is 0.494 e. The maximum absolute atomic E-state index is 9.81. The first-order valence-electron chi connectivity index (χ1n) is 12.6. The van der Waals surface area contributed by atoms with Gasteiger partial charge in [-0.3, -0.25) is 9.47 Å². The minimum atomic E-state index is 0.000896. The highest BCUT2D eigenvalue weighted by Crippen LogP contribution is 2.32. The first kappa shape index (κ1) is 27.8. The highest BCUT2D eigenvalue weighted by molar-refractivity contribution is 6.31. The van der Waals surface area contributed by atoms with Gasteiger partial charge in [0.25, 0.3) is 0 Å². The van der Waals surface area contributed by atoms with Gasteiger partial charge in [0.1, 0.15) is 6.61 Å². The standard InChI is InChI=1S/C29H39ClN2O4/c1-6-22(7-2)18-31(21(4)24-9-10-25(30)20(3)16-24)19-23-8-11-26(27(17-23)35-5)36-15-14-32-28(33)12-13-29(32)34/h8-13,16-17,21-22,33-34H,6-7,14-15,18-19H2,1-5H3. The number of rotatable bonds is 13. The Morgan fingerprint density at radius 2 is 1.67 bits per heavy atom. The summed E-state index contributed by atoms with van der Waals surface area (Å²) in [5.74, 6) is 1.90. The molecule has 0 aliphatic heterocycles. The third-order valence-corrected chi connectivity index (χ3v) is 7.40. The van der Waals surface area contributed by atoms with Crippen LogP contribution in [0.2, 0.25) is 5.02 Å². The second kappa shape index (κ2) is 12.9. The third kappa shape index (κ3) is 6.89. The van der Waals surface area contributed by atoms with Crippen LogP contribution in [0.5, 0.6) is 23.3 Å². The van der Waals surface area contributed by atoms with E-state index in [2.05, 4.69) is 43.9 Å². The van der Waals surface area contributed by atoms with E-state index in [1.54, 1.807) is 7.11 Å². The van der Waals surface area contributed by atoms with E-state index < -0.39 is 0 Å². The summed E-state index contributed by atoms with van der Waals surface area (Å²) in [6.07, 6.45) is 2.28. The highest BCUT2D eigenvalue weighted by atomic mass is 35.5. The smallest absolute Gasteiger partial charge is 0.193 e. The molecule has 2 N–H and O–H groups in total. The van der Waals surface area contributed by atoms with E-state index in [1.165, 1.54) is 22.3 Å². The molecule has 196 valence electrons. The van der Waals surface area contributed by atoms with Crippen molar-refractivity contribution >= 4 is 11.6 Å². The summed E-state index contributed by atoms with van der Waals surface area (Å²) in [5, 5.41) is 20.4. The van der Waals surface area contributed by atoms with Gasteiger partial charge in [0.05, 0.1) is 13.7 Å². The second-order valence-corrected chi connectivity index (χ2v) is 9.74. The molecule has 0 bridgehead atoms. The van der Waals surface area contributed by atoms with Crippen LogP contribution in [0.25, 0.3) is 0 Å². The quantitative estimate of drug-likeness (QED) is 0.258. The maximum Gasteiger partial charge on any atom is 0.193 e. The number of ether oxygens (including phenoxy) is 2. The third-order valence-electron chi connectivity index (χ3n) is 6.98. The van der Waals surface area contributed by atoms with Crippen molar-refractivity contribution in [3.8, 4) is 23.3 Å². The Kier molecular flexibility index (Phi) is 9.97. The Morgan fingerprint density at radius 3 is 2.28 bits per heavy atom. The van der Waals surface area contributed by atoms with Gasteiger partial charge in [-0.1, -0.05) is 56.5 Å². The van der Waals surface area contributed by atoms with Crippen LogP contribution in [0, 0.1) is 12.8 Å². The van der Waals surface area contributed by atoms with Crippen LogP contribution in [0.15, 0.2) is 48.5 Å². The van der Waals surface area contributed by atoms with E-state index in [4.69, 9.17) is 21.1 Å². The Labute approximate surface area is 220 Å². The fourth-order valence-corrected chi connectivity index (χ4v) is 4.58.